The topological polar surface area (TPSA) is 38.3 Å². The molecule has 0 radical (unpaired) electrons. The van der Waals surface area contributed by atoms with Crippen LogP contribution >= 0.6 is 11.6 Å². The fourth-order valence-corrected chi connectivity index (χ4v) is 1.99. The molecule has 5 heteroatoms. The van der Waals surface area contributed by atoms with Crippen molar-refractivity contribution in [3.05, 3.63) is 64.4 Å². The predicted molar refractivity (Wildman–Crippen MR) is 75.6 cm³/mol. The first-order chi connectivity index (χ1) is 9.60. The zero-order valence-electron chi connectivity index (χ0n) is 10.8. The van der Waals surface area contributed by atoms with Crippen molar-refractivity contribution in [2.45, 2.75) is 6.54 Å². The van der Waals surface area contributed by atoms with Crippen molar-refractivity contribution in [2.75, 3.05) is 7.11 Å². The van der Waals surface area contributed by atoms with Gasteiger partial charge in [-0.05, 0) is 42.0 Å². The Labute approximate surface area is 121 Å². The lowest BCUT2D eigenvalue weighted by Gasteiger charge is -2.08. The van der Waals surface area contributed by atoms with Gasteiger partial charge < -0.3 is 10.1 Å². The van der Waals surface area contributed by atoms with Crippen LogP contribution in [0.3, 0.4) is 0 Å². The summed E-state index contributed by atoms with van der Waals surface area (Å²) in [5, 5.41) is 3.23. The quantitative estimate of drug-likeness (QED) is 0.938. The van der Waals surface area contributed by atoms with E-state index in [1.54, 1.807) is 12.1 Å². The summed E-state index contributed by atoms with van der Waals surface area (Å²) in [5.74, 6) is -0.0549. The molecule has 0 unspecified atom stereocenters. The summed E-state index contributed by atoms with van der Waals surface area (Å²) >= 11 is 6.00. The lowest BCUT2D eigenvalue weighted by Crippen LogP contribution is -2.22. The van der Waals surface area contributed by atoms with Crippen molar-refractivity contribution in [3.63, 3.8) is 0 Å². The summed E-state index contributed by atoms with van der Waals surface area (Å²) in [7, 11) is 1.54. The summed E-state index contributed by atoms with van der Waals surface area (Å²) in [4.78, 5) is 11.8. The van der Waals surface area contributed by atoms with E-state index in [0.717, 1.165) is 5.56 Å². The first kappa shape index (κ1) is 14.3. The van der Waals surface area contributed by atoms with Gasteiger partial charge in [0.25, 0.3) is 5.91 Å². The van der Waals surface area contributed by atoms with Crippen LogP contribution in [0, 0.1) is 5.82 Å². The van der Waals surface area contributed by atoms with E-state index >= 15 is 0 Å². The van der Waals surface area contributed by atoms with E-state index in [0.29, 0.717) is 22.9 Å². The number of nitrogens with one attached hydrogen (secondary N) is 1. The number of amides is 1. The molecule has 1 N–H and O–H groups in total. The van der Waals surface area contributed by atoms with Gasteiger partial charge in [0.15, 0.2) is 0 Å². The fourth-order valence-electron chi connectivity index (χ4n) is 1.71. The van der Waals surface area contributed by atoms with Crippen molar-refractivity contribution in [1.82, 2.24) is 5.32 Å². The van der Waals surface area contributed by atoms with Gasteiger partial charge >= 0.3 is 0 Å². The van der Waals surface area contributed by atoms with E-state index in [9.17, 15) is 9.18 Å². The van der Waals surface area contributed by atoms with Gasteiger partial charge in [-0.2, -0.15) is 0 Å². The summed E-state index contributed by atoms with van der Waals surface area (Å²) in [6.45, 7) is 0.333. The molecule has 0 fully saturated rings. The van der Waals surface area contributed by atoms with Crippen molar-refractivity contribution in [1.29, 1.82) is 0 Å². The molecule has 2 aromatic carbocycles. The maximum absolute atomic E-state index is 12.8. The zero-order valence-corrected chi connectivity index (χ0v) is 11.6. The number of hydrogen-bond acceptors (Lipinski definition) is 2. The third-order valence-electron chi connectivity index (χ3n) is 2.78. The number of methoxy groups -OCH3 is 1. The van der Waals surface area contributed by atoms with Crippen LogP contribution in [0.15, 0.2) is 42.5 Å². The third-order valence-corrected chi connectivity index (χ3v) is 3.07. The molecule has 0 spiro atoms. The summed E-state index contributed by atoms with van der Waals surface area (Å²) < 4.78 is 17.8. The average Bonchev–Trinajstić information content (AvgIpc) is 2.45. The van der Waals surface area contributed by atoms with Crippen LogP contribution in [0.2, 0.25) is 5.02 Å². The number of hydrogen-bond donors (Lipinski definition) is 1. The summed E-state index contributed by atoms with van der Waals surface area (Å²) in [6, 6.07) is 10.7. The van der Waals surface area contributed by atoms with Gasteiger partial charge in [0.1, 0.15) is 11.6 Å². The van der Waals surface area contributed by atoms with Crippen molar-refractivity contribution in [3.8, 4) is 5.75 Å². The Morgan fingerprint density at radius 1 is 1.25 bits per heavy atom. The van der Waals surface area contributed by atoms with Gasteiger partial charge in [-0.25, -0.2) is 4.39 Å². The Balaban J connectivity index is 1.99. The van der Waals surface area contributed by atoms with E-state index in [-0.39, 0.29) is 11.7 Å². The molecule has 1 amide bonds. The average molecular weight is 294 g/mol. The van der Waals surface area contributed by atoms with E-state index in [1.165, 1.54) is 31.4 Å². The predicted octanol–water partition coefficient (Wildman–Crippen LogP) is 3.42. The van der Waals surface area contributed by atoms with Gasteiger partial charge in [-0.1, -0.05) is 17.7 Å². The van der Waals surface area contributed by atoms with Crippen LogP contribution in [0.1, 0.15) is 15.9 Å². The second-order valence-electron chi connectivity index (χ2n) is 4.16. The Kier molecular flexibility index (Phi) is 4.58. The molecule has 0 aromatic heterocycles. The van der Waals surface area contributed by atoms with Crippen LogP contribution in [0.5, 0.6) is 5.75 Å². The summed E-state index contributed by atoms with van der Waals surface area (Å²) in [6.07, 6.45) is 0. The van der Waals surface area contributed by atoms with Gasteiger partial charge in [0.05, 0.1) is 12.1 Å². The van der Waals surface area contributed by atoms with Crippen LogP contribution in [0.25, 0.3) is 0 Å². The Morgan fingerprint density at radius 3 is 2.55 bits per heavy atom. The Morgan fingerprint density at radius 2 is 1.95 bits per heavy atom. The first-order valence-electron chi connectivity index (χ1n) is 5.96. The SMILES string of the molecule is COc1ccc(CNC(=O)c2ccc(F)cc2)cc1Cl. The van der Waals surface area contributed by atoms with Crippen LogP contribution in [0.4, 0.5) is 4.39 Å². The monoisotopic (exact) mass is 293 g/mol. The maximum Gasteiger partial charge on any atom is 0.251 e. The van der Waals surface area contributed by atoms with Crippen molar-refractivity contribution < 1.29 is 13.9 Å². The Bertz CT molecular complexity index is 614. The van der Waals surface area contributed by atoms with Crippen LogP contribution in [-0.2, 0) is 6.54 Å². The Hall–Kier alpha value is -2.07. The normalized spacial score (nSPS) is 10.2. The number of ether oxygens (including phenoxy) is 1. The number of rotatable bonds is 4. The van der Waals surface area contributed by atoms with Gasteiger partial charge in [-0.15, -0.1) is 0 Å². The molecular formula is C15H13ClFNO2. The van der Waals surface area contributed by atoms with Crippen molar-refractivity contribution >= 4 is 17.5 Å². The summed E-state index contributed by atoms with van der Waals surface area (Å²) in [5.41, 5.74) is 1.26. The smallest absolute Gasteiger partial charge is 0.251 e. The molecule has 2 aromatic rings. The van der Waals surface area contributed by atoms with Crippen LogP contribution < -0.4 is 10.1 Å². The maximum atomic E-state index is 12.8. The number of benzene rings is 2. The molecule has 0 saturated carbocycles. The largest absolute Gasteiger partial charge is 0.495 e. The van der Waals surface area contributed by atoms with Crippen molar-refractivity contribution in [2.24, 2.45) is 0 Å². The first-order valence-corrected chi connectivity index (χ1v) is 6.34. The molecule has 0 aliphatic rings. The highest BCUT2D eigenvalue weighted by molar-refractivity contribution is 6.32. The minimum Gasteiger partial charge on any atom is -0.495 e. The zero-order chi connectivity index (χ0) is 14.5. The highest BCUT2D eigenvalue weighted by atomic mass is 35.5. The van der Waals surface area contributed by atoms with E-state index in [1.807, 2.05) is 6.07 Å². The second-order valence-corrected chi connectivity index (χ2v) is 4.57. The van der Waals surface area contributed by atoms with E-state index in [4.69, 9.17) is 16.3 Å². The molecule has 0 aliphatic heterocycles. The molecular weight excluding hydrogens is 281 g/mol. The number of carbonyl (C=O) groups is 1. The molecule has 0 bridgehead atoms. The lowest BCUT2D eigenvalue weighted by atomic mass is 10.2. The molecule has 0 aliphatic carbocycles. The van der Waals surface area contributed by atoms with Gasteiger partial charge in [0.2, 0.25) is 0 Å². The molecule has 2 rings (SSSR count). The molecule has 3 nitrogen and oxygen atoms in total. The molecule has 0 atom stereocenters. The third kappa shape index (κ3) is 3.48. The fraction of sp³-hybridized carbons (Fsp3) is 0.133. The molecule has 104 valence electrons. The molecule has 0 saturated heterocycles. The van der Waals surface area contributed by atoms with E-state index < -0.39 is 0 Å². The van der Waals surface area contributed by atoms with Gasteiger partial charge in [0, 0.05) is 12.1 Å². The lowest BCUT2D eigenvalue weighted by molar-refractivity contribution is 0.0951. The highest BCUT2D eigenvalue weighted by Gasteiger charge is 2.06. The van der Waals surface area contributed by atoms with Gasteiger partial charge in [-0.3, -0.25) is 4.79 Å². The highest BCUT2D eigenvalue weighted by Crippen LogP contribution is 2.24. The molecule has 20 heavy (non-hydrogen) atoms. The molecule has 0 heterocycles. The second kappa shape index (κ2) is 6.39. The van der Waals surface area contributed by atoms with E-state index in [2.05, 4.69) is 5.32 Å². The minimum atomic E-state index is -0.372. The number of carbonyl (C=O) groups excluding carboxylic acids is 1. The van der Waals surface area contributed by atoms with Crippen LogP contribution in [-0.4, -0.2) is 13.0 Å². The standard InChI is InChI=1S/C15H13ClFNO2/c1-20-14-7-2-10(8-13(14)16)9-18-15(19)11-3-5-12(17)6-4-11/h2-8H,9H2,1H3,(H,18,19). The minimum absolute atomic E-state index is 0.267. The number of halogens is 2.